The van der Waals surface area contributed by atoms with E-state index in [-0.39, 0.29) is 30.2 Å². The number of piperidine rings is 1. The third kappa shape index (κ3) is 5.94. The van der Waals surface area contributed by atoms with Crippen molar-refractivity contribution in [3.05, 3.63) is 84.1 Å². The Morgan fingerprint density at radius 1 is 0.892 bits per heavy atom. The second kappa shape index (κ2) is 11.2. The molecule has 2 aromatic carbocycles. The lowest BCUT2D eigenvalue weighted by Crippen LogP contribution is -2.52. The molecule has 0 bridgehead atoms. The van der Waals surface area contributed by atoms with E-state index in [1.54, 1.807) is 30.5 Å². The Bertz CT molecular complexity index is 1220. The van der Waals surface area contributed by atoms with Crippen LogP contribution in [0.2, 0.25) is 0 Å². The van der Waals surface area contributed by atoms with Gasteiger partial charge in [-0.1, -0.05) is 30.3 Å². The molecule has 0 radical (unpaired) electrons. The minimum absolute atomic E-state index is 0.00426. The van der Waals surface area contributed by atoms with Crippen LogP contribution < -0.4 is 15.5 Å². The Morgan fingerprint density at radius 2 is 1.62 bits per heavy atom. The summed E-state index contributed by atoms with van der Waals surface area (Å²) >= 11 is 0. The Kier molecular flexibility index (Phi) is 7.39. The maximum atomic E-state index is 12.6. The molecular formula is C28H30N6O3. The number of nitrogens with zero attached hydrogens (tertiary/aromatic N) is 4. The van der Waals surface area contributed by atoms with Crippen LogP contribution >= 0.6 is 0 Å². The largest absolute Gasteiger partial charge is 0.353 e. The minimum atomic E-state index is -0.240. The first-order valence-corrected chi connectivity index (χ1v) is 12.6. The first-order chi connectivity index (χ1) is 18.1. The molecule has 37 heavy (non-hydrogen) atoms. The molecule has 0 saturated carbocycles. The number of hydrogen-bond acceptors (Lipinski definition) is 6. The zero-order chi connectivity index (χ0) is 25.6. The number of nitrogens with one attached hydrogen (secondary N) is 2. The first kappa shape index (κ1) is 24.4. The van der Waals surface area contributed by atoms with E-state index in [4.69, 9.17) is 0 Å². The van der Waals surface area contributed by atoms with Gasteiger partial charge in [-0.25, -0.2) is 0 Å². The quantitative estimate of drug-likeness (QED) is 0.519. The van der Waals surface area contributed by atoms with Crippen molar-refractivity contribution in [2.24, 2.45) is 5.92 Å². The summed E-state index contributed by atoms with van der Waals surface area (Å²) in [6.45, 7) is 2.59. The van der Waals surface area contributed by atoms with Gasteiger partial charge in [0.25, 0.3) is 5.91 Å². The molecule has 0 spiro atoms. The number of benzene rings is 2. The molecule has 5 rings (SSSR count). The average Bonchev–Trinajstić information content (AvgIpc) is 2.92. The van der Waals surface area contributed by atoms with Crippen LogP contribution in [0.3, 0.4) is 0 Å². The summed E-state index contributed by atoms with van der Waals surface area (Å²) in [5, 5.41) is 13.7. The Morgan fingerprint density at radius 3 is 2.30 bits per heavy atom. The molecule has 2 aliphatic heterocycles. The van der Waals surface area contributed by atoms with Crippen LogP contribution in [0.4, 0.5) is 11.5 Å². The molecule has 9 nitrogen and oxygen atoms in total. The van der Waals surface area contributed by atoms with Crippen molar-refractivity contribution in [1.29, 1.82) is 0 Å². The Labute approximate surface area is 215 Å². The van der Waals surface area contributed by atoms with Crippen molar-refractivity contribution in [3.63, 3.8) is 0 Å². The maximum Gasteiger partial charge on any atom is 0.251 e. The summed E-state index contributed by atoms with van der Waals surface area (Å²) in [4.78, 5) is 41.2. The standard InChI is InChI=1S/C28H30N6O3/c35-26(17-29-27(36)22-5-2-1-3-6-22)33-15-12-21(13-16-33)20-8-10-24(11-9-20)31-28(37)23-18-34(19-23)25-7-4-14-30-32-25/h1-11,14,21,23H,12-13,15-19H2,(H,29,36)(H,31,37). The number of rotatable bonds is 7. The highest BCUT2D eigenvalue weighted by molar-refractivity contribution is 5.96. The molecule has 2 saturated heterocycles. The summed E-state index contributed by atoms with van der Waals surface area (Å²) in [5.74, 6) is 0.798. The summed E-state index contributed by atoms with van der Waals surface area (Å²) in [5.41, 5.74) is 2.54. The lowest BCUT2D eigenvalue weighted by molar-refractivity contribution is -0.131. The van der Waals surface area contributed by atoms with Gasteiger partial charge in [0, 0.05) is 43.6 Å². The Hall–Kier alpha value is -4.27. The fourth-order valence-electron chi connectivity index (χ4n) is 4.80. The molecule has 190 valence electrons. The number of hydrogen-bond donors (Lipinski definition) is 2. The van der Waals surface area contributed by atoms with Crippen LogP contribution in [0, 0.1) is 5.92 Å². The highest BCUT2D eigenvalue weighted by atomic mass is 16.2. The van der Waals surface area contributed by atoms with Crippen LogP contribution in [0.25, 0.3) is 0 Å². The molecule has 0 unspecified atom stereocenters. The molecule has 3 amide bonds. The molecule has 2 N–H and O–H groups in total. The third-order valence-electron chi connectivity index (χ3n) is 7.07. The topological polar surface area (TPSA) is 108 Å². The van der Waals surface area contributed by atoms with Crippen molar-refractivity contribution in [2.45, 2.75) is 18.8 Å². The van der Waals surface area contributed by atoms with Crippen LogP contribution in [-0.2, 0) is 9.59 Å². The predicted molar refractivity (Wildman–Crippen MR) is 140 cm³/mol. The van der Waals surface area contributed by atoms with Crippen molar-refractivity contribution >= 4 is 29.2 Å². The monoisotopic (exact) mass is 498 g/mol. The lowest BCUT2D eigenvalue weighted by Gasteiger charge is -2.38. The minimum Gasteiger partial charge on any atom is -0.353 e. The fraction of sp³-hybridized carbons (Fsp3) is 0.321. The second-order valence-electron chi connectivity index (χ2n) is 9.50. The number of anilines is 2. The van der Waals surface area contributed by atoms with Gasteiger partial charge >= 0.3 is 0 Å². The van der Waals surface area contributed by atoms with E-state index in [1.165, 1.54) is 5.56 Å². The summed E-state index contributed by atoms with van der Waals surface area (Å²) in [6, 6.07) is 20.6. The molecule has 0 atom stereocenters. The zero-order valence-corrected chi connectivity index (χ0v) is 20.5. The van der Waals surface area contributed by atoms with Gasteiger partial charge in [0.05, 0.1) is 12.5 Å². The summed E-state index contributed by atoms with van der Waals surface area (Å²) < 4.78 is 0. The maximum absolute atomic E-state index is 12.6. The number of amides is 3. The summed E-state index contributed by atoms with van der Waals surface area (Å²) in [6.07, 6.45) is 3.36. The normalized spacial score (nSPS) is 16.1. The highest BCUT2D eigenvalue weighted by Crippen LogP contribution is 2.29. The van der Waals surface area contributed by atoms with Crippen LogP contribution in [0.15, 0.2) is 72.9 Å². The van der Waals surface area contributed by atoms with E-state index in [1.807, 2.05) is 40.1 Å². The number of aromatic nitrogens is 2. The molecular weight excluding hydrogens is 468 g/mol. The van der Waals surface area contributed by atoms with Crippen molar-refractivity contribution in [3.8, 4) is 0 Å². The first-order valence-electron chi connectivity index (χ1n) is 12.6. The van der Waals surface area contributed by atoms with E-state index in [2.05, 4.69) is 33.0 Å². The van der Waals surface area contributed by atoms with Gasteiger partial charge in [0.2, 0.25) is 11.8 Å². The van der Waals surface area contributed by atoms with Gasteiger partial charge in [0.15, 0.2) is 5.82 Å². The van der Waals surface area contributed by atoms with E-state index < -0.39 is 0 Å². The highest BCUT2D eigenvalue weighted by Gasteiger charge is 2.33. The molecule has 9 heteroatoms. The van der Waals surface area contributed by atoms with Gasteiger partial charge in [0.1, 0.15) is 0 Å². The van der Waals surface area contributed by atoms with Crippen LogP contribution in [-0.4, -0.2) is 65.5 Å². The van der Waals surface area contributed by atoms with Crippen molar-refractivity contribution < 1.29 is 14.4 Å². The molecule has 1 aromatic heterocycles. The van der Waals surface area contributed by atoms with Gasteiger partial charge in [-0.15, -0.1) is 5.10 Å². The second-order valence-corrected chi connectivity index (χ2v) is 9.50. The van der Waals surface area contributed by atoms with Crippen LogP contribution in [0.5, 0.6) is 0 Å². The molecule has 0 aliphatic carbocycles. The molecule has 3 heterocycles. The number of likely N-dealkylation sites (tertiary alicyclic amines) is 1. The van der Waals surface area contributed by atoms with Gasteiger partial charge in [-0.05, 0) is 60.7 Å². The smallest absolute Gasteiger partial charge is 0.251 e. The van der Waals surface area contributed by atoms with E-state index in [0.29, 0.717) is 37.7 Å². The zero-order valence-electron chi connectivity index (χ0n) is 20.5. The Balaban J connectivity index is 1.04. The summed E-state index contributed by atoms with van der Waals surface area (Å²) in [7, 11) is 0. The van der Waals surface area contributed by atoms with Gasteiger partial charge in [-0.2, -0.15) is 5.10 Å². The van der Waals surface area contributed by atoms with Gasteiger partial charge in [-0.3, -0.25) is 14.4 Å². The van der Waals surface area contributed by atoms with Crippen molar-refractivity contribution in [2.75, 3.05) is 42.9 Å². The van der Waals surface area contributed by atoms with Crippen molar-refractivity contribution in [1.82, 2.24) is 20.4 Å². The molecule has 2 fully saturated rings. The lowest BCUT2D eigenvalue weighted by atomic mass is 9.89. The number of carbonyl (C=O) groups excluding carboxylic acids is 3. The van der Waals surface area contributed by atoms with Crippen LogP contribution in [0.1, 0.15) is 34.7 Å². The SMILES string of the molecule is O=C(NCC(=O)N1CCC(c2ccc(NC(=O)C3CN(c4cccnn4)C3)cc2)CC1)c1ccccc1. The predicted octanol–water partition coefficient (Wildman–Crippen LogP) is 2.69. The third-order valence-corrected chi connectivity index (χ3v) is 7.07. The van der Waals surface area contributed by atoms with E-state index in [9.17, 15) is 14.4 Å². The molecule has 2 aliphatic rings. The van der Waals surface area contributed by atoms with Gasteiger partial charge < -0.3 is 20.4 Å². The fourth-order valence-corrected chi connectivity index (χ4v) is 4.80. The molecule has 3 aromatic rings. The van der Waals surface area contributed by atoms with E-state index in [0.717, 1.165) is 24.3 Å². The number of carbonyl (C=O) groups is 3. The van der Waals surface area contributed by atoms with E-state index >= 15 is 0 Å². The average molecular weight is 499 g/mol.